The molecule has 3 heterocycles. The summed E-state index contributed by atoms with van der Waals surface area (Å²) in [6.45, 7) is 3.69. The van der Waals surface area contributed by atoms with Crippen molar-refractivity contribution in [1.29, 1.82) is 0 Å². The van der Waals surface area contributed by atoms with Crippen molar-refractivity contribution in [1.82, 2.24) is 15.1 Å². The highest BCUT2D eigenvalue weighted by Crippen LogP contribution is 2.36. The Bertz CT molecular complexity index is 1120. The Balaban J connectivity index is 1.90. The molecule has 0 unspecified atom stereocenters. The topological polar surface area (TPSA) is 82.8 Å². The molecule has 8 heteroatoms. The van der Waals surface area contributed by atoms with Crippen molar-refractivity contribution < 1.29 is 9.48 Å². The smallest absolute Gasteiger partial charge is 0.291 e. The molecule has 0 fully saturated rings. The Hall–Kier alpha value is -3.00. The predicted octanol–water partition coefficient (Wildman–Crippen LogP) is 3.32. The van der Waals surface area contributed by atoms with Crippen molar-refractivity contribution in [2.75, 3.05) is 10.7 Å². The number of benzene rings is 1. The van der Waals surface area contributed by atoms with E-state index in [2.05, 4.69) is 16.9 Å². The molecule has 1 aromatic carbocycles. The van der Waals surface area contributed by atoms with Gasteiger partial charge in [0.2, 0.25) is 11.1 Å². The fourth-order valence-electron chi connectivity index (χ4n) is 3.73. The summed E-state index contributed by atoms with van der Waals surface area (Å²) < 4.78 is 1.67. The molecule has 1 aliphatic rings. The summed E-state index contributed by atoms with van der Waals surface area (Å²) in [5, 5.41) is 5.32. The van der Waals surface area contributed by atoms with E-state index < -0.39 is 6.17 Å². The first-order valence-corrected chi connectivity index (χ1v) is 11.1. The standard InChI is InChI=1S/C22H23N5O2S/c1-3-4-7-13-30-22-24-20(29)19-17-10-5-6-11-18(17)26(15(2)28)21(27(19)25-22)16-9-8-12-23-14-16/h5-6,8-12,14,21H,3-4,7,13H2,1-2H3/p+1/t21-/m0/s1. The Morgan fingerprint density at radius 3 is 2.80 bits per heavy atom. The Morgan fingerprint density at radius 1 is 1.23 bits per heavy atom. The molecule has 30 heavy (non-hydrogen) atoms. The molecule has 0 bridgehead atoms. The molecular weight excluding hydrogens is 398 g/mol. The number of fused-ring (bicyclic) bond motifs is 3. The van der Waals surface area contributed by atoms with Crippen molar-refractivity contribution in [3.63, 3.8) is 0 Å². The number of thioether (sulfide) groups is 1. The molecule has 154 valence electrons. The van der Waals surface area contributed by atoms with Crippen LogP contribution in [0.5, 0.6) is 0 Å². The Morgan fingerprint density at radius 2 is 2.07 bits per heavy atom. The van der Waals surface area contributed by atoms with Gasteiger partial charge in [-0.2, -0.15) is 0 Å². The zero-order valence-electron chi connectivity index (χ0n) is 17.0. The number of pyridine rings is 1. The molecular formula is C22H24N5O2S+. The quantitative estimate of drug-likeness (QED) is 0.374. The van der Waals surface area contributed by atoms with E-state index in [1.807, 2.05) is 36.4 Å². The zero-order valence-corrected chi connectivity index (χ0v) is 17.9. The Kier molecular flexibility index (Phi) is 5.94. The minimum Gasteiger partial charge on any atom is -0.291 e. The van der Waals surface area contributed by atoms with Crippen LogP contribution in [0.4, 0.5) is 5.69 Å². The van der Waals surface area contributed by atoms with Crippen LogP contribution in [0.25, 0.3) is 11.3 Å². The average molecular weight is 423 g/mol. The highest BCUT2D eigenvalue weighted by molar-refractivity contribution is 7.99. The van der Waals surface area contributed by atoms with E-state index in [0.717, 1.165) is 30.6 Å². The highest BCUT2D eigenvalue weighted by Gasteiger charge is 2.44. The number of rotatable bonds is 6. The van der Waals surface area contributed by atoms with E-state index in [4.69, 9.17) is 5.10 Å². The predicted molar refractivity (Wildman–Crippen MR) is 116 cm³/mol. The van der Waals surface area contributed by atoms with E-state index in [0.29, 0.717) is 22.1 Å². The first-order valence-electron chi connectivity index (χ1n) is 10.1. The number of hydrogen-bond acceptors (Lipinski definition) is 5. The van der Waals surface area contributed by atoms with E-state index in [-0.39, 0.29) is 11.5 Å². The molecule has 3 aromatic rings. The van der Waals surface area contributed by atoms with Crippen LogP contribution in [-0.2, 0) is 4.79 Å². The number of hydrogen-bond donors (Lipinski definition) is 1. The van der Waals surface area contributed by atoms with E-state index in [1.54, 1.807) is 22.0 Å². The lowest BCUT2D eigenvalue weighted by atomic mass is 10.0. The summed E-state index contributed by atoms with van der Waals surface area (Å²) in [5.74, 6) is 0.745. The second-order valence-corrected chi connectivity index (χ2v) is 8.26. The van der Waals surface area contributed by atoms with Gasteiger partial charge in [0, 0.05) is 30.2 Å². The third-order valence-corrected chi connectivity index (χ3v) is 6.02. The summed E-state index contributed by atoms with van der Waals surface area (Å²) in [7, 11) is 0. The summed E-state index contributed by atoms with van der Waals surface area (Å²) in [6, 6.07) is 11.2. The average Bonchev–Trinajstić information content (AvgIpc) is 2.76. The number of unbranched alkanes of at least 4 members (excludes halogenated alkanes) is 2. The number of aromatic amines is 1. The molecule has 1 aliphatic heterocycles. The van der Waals surface area contributed by atoms with E-state index >= 15 is 0 Å². The summed E-state index contributed by atoms with van der Waals surface area (Å²) in [6.07, 6.45) is 6.14. The monoisotopic (exact) mass is 422 g/mol. The number of carbonyl (C=O) groups excluding carboxylic acids is 1. The number of anilines is 1. The lowest BCUT2D eigenvalue weighted by Crippen LogP contribution is -2.60. The summed E-state index contributed by atoms with van der Waals surface area (Å²) >= 11 is 1.53. The first kappa shape index (κ1) is 20.3. The van der Waals surface area contributed by atoms with Crippen LogP contribution in [0.3, 0.4) is 0 Å². The van der Waals surface area contributed by atoms with Gasteiger partial charge in [0.15, 0.2) is 0 Å². The van der Waals surface area contributed by atoms with Crippen LogP contribution >= 0.6 is 11.8 Å². The first-order chi connectivity index (χ1) is 14.6. The maximum Gasteiger partial charge on any atom is 0.325 e. The third kappa shape index (κ3) is 3.75. The van der Waals surface area contributed by atoms with Crippen LogP contribution < -0.4 is 15.1 Å². The van der Waals surface area contributed by atoms with Crippen LogP contribution in [0.2, 0.25) is 0 Å². The van der Waals surface area contributed by atoms with Gasteiger partial charge in [-0.25, -0.2) is 4.90 Å². The number of para-hydroxylation sites is 1. The largest absolute Gasteiger partial charge is 0.325 e. The van der Waals surface area contributed by atoms with Crippen molar-refractivity contribution in [3.05, 3.63) is 64.7 Å². The molecule has 1 amide bonds. The molecule has 0 aliphatic carbocycles. The van der Waals surface area contributed by atoms with Gasteiger partial charge in [0.05, 0.1) is 16.8 Å². The number of aromatic nitrogens is 4. The second-order valence-electron chi connectivity index (χ2n) is 7.17. The van der Waals surface area contributed by atoms with Crippen molar-refractivity contribution in [3.8, 4) is 11.3 Å². The Labute approximate surface area is 179 Å². The summed E-state index contributed by atoms with van der Waals surface area (Å²) in [5.41, 5.74) is 2.38. The second kappa shape index (κ2) is 8.79. The minimum absolute atomic E-state index is 0.131. The highest BCUT2D eigenvalue weighted by atomic mass is 32.2. The van der Waals surface area contributed by atoms with Crippen molar-refractivity contribution in [2.45, 2.75) is 44.4 Å². The SMILES string of the molecule is CCCCCSc1n[n+]2c(c(=O)[nH]1)-c1ccccc1N(C(C)=O)[C@@H]2c1cccnc1. The number of nitrogens with zero attached hydrogens (tertiary/aromatic N) is 4. The normalized spacial score (nSPS) is 14.9. The minimum atomic E-state index is -0.585. The molecule has 7 nitrogen and oxygen atoms in total. The van der Waals surface area contributed by atoms with Gasteiger partial charge >= 0.3 is 11.3 Å². The molecule has 0 spiro atoms. The van der Waals surface area contributed by atoms with Crippen LogP contribution in [-0.4, -0.2) is 26.7 Å². The van der Waals surface area contributed by atoms with Gasteiger partial charge in [-0.1, -0.05) is 43.7 Å². The molecule has 0 saturated heterocycles. The number of carbonyl (C=O) groups is 1. The van der Waals surface area contributed by atoms with Gasteiger partial charge in [-0.3, -0.25) is 19.6 Å². The molecule has 0 saturated carbocycles. The molecule has 0 radical (unpaired) electrons. The van der Waals surface area contributed by atoms with Crippen molar-refractivity contribution in [2.24, 2.45) is 0 Å². The van der Waals surface area contributed by atoms with Gasteiger partial charge < -0.3 is 0 Å². The van der Waals surface area contributed by atoms with Crippen LogP contribution in [0.1, 0.15) is 44.8 Å². The van der Waals surface area contributed by atoms with Crippen LogP contribution in [0.15, 0.2) is 58.7 Å². The maximum absolute atomic E-state index is 13.1. The summed E-state index contributed by atoms with van der Waals surface area (Å²) in [4.78, 5) is 34.7. The van der Waals surface area contributed by atoms with Gasteiger partial charge in [-0.15, -0.1) is 0 Å². The molecule has 1 N–H and O–H groups in total. The number of H-pyrrole nitrogens is 1. The van der Waals surface area contributed by atoms with Gasteiger partial charge in [0.25, 0.3) is 6.17 Å². The molecule has 2 aromatic heterocycles. The van der Waals surface area contributed by atoms with Gasteiger partial charge in [-0.05, 0) is 35.4 Å². The fourth-order valence-corrected chi connectivity index (χ4v) is 4.58. The molecule has 4 rings (SSSR count). The van der Waals surface area contributed by atoms with Gasteiger partial charge in [0.1, 0.15) is 0 Å². The van der Waals surface area contributed by atoms with Crippen molar-refractivity contribution >= 4 is 23.4 Å². The fraction of sp³-hybridized carbons (Fsp3) is 0.318. The maximum atomic E-state index is 13.1. The molecule has 1 atom stereocenters. The zero-order chi connectivity index (χ0) is 21.1. The third-order valence-electron chi connectivity index (χ3n) is 5.07. The number of nitrogens with one attached hydrogen (secondary N) is 1. The lowest BCUT2D eigenvalue weighted by Gasteiger charge is -2.31. The van der Waals surface area contributed by atoms with Crippen LogP contribution in [0, 0.1) is 0 Å². The van der Waals surface area contributed by atoms with E-state index in [1.165, 1.54) is 18.7 Å². The number of amides is 1. The lowest BCUT2D eigenvalue weighted by molar-refractivity contribution is -0.763. The van der Waals surface area contributed by atoms with E-state index in [9.17, 15) is 9.59 Å².